The number of rotatable bonds is 7. The number of piperazine rings is 1. The van der Waals surface area contributed by atoms with Crippen LogP contribution in [0.15, 0.2) is 121 Å². The molecule has 1 fully saturated rings. The van der Waals surface area contributed by atoms with Gasteiger partial charge in [0.05, 0.1) is 6.04 Å². The molecule has 0 spiro atoms. The Balaban J connectivity index is 1.37. The fourth-order valence-electron chi connectivity index (χ4n) is 5.71. The van der Waals surface area contributed by atoms with Gasteiger partial charge in [-0.1, -0.05) is 121 Å². The van der Waals surface area contributed by atoms with E-state index in [-0.39, 0.29) is 17.9 Å². The van der Waals surface area contributed by atoms with Gasteiger partial charge in [-0.2, -0.15) is 0 Å². The van der Waals surface area contributed by atoms with Crippen molar-refractivity contribution in [3.05, 3.63) is 144 Å². The molecule has 1 saturated heterocycles. The Morgan fingerprint density at radius 2 is 0.973 bits per heavy atom. The van der Waals surface area contributed by atoms with E-state index in [1.54, 1.807) is 0 Å². The van der Waals surface area contributed by atoms with E-state index >= 15 is 0 Å². The van der Waals surface area contributed by atoms with Gasteiger partial charge in [-0.15, -0.1) is 0 Å². The van der Waals surface area contributed by atoms with Gasteiger partial charge in [0, 0.05) is 32.1 Å². The second-order valence-corrected chi connectivity index (χ2v) is 10.1. The number of amides is 1. The van der Waals surface area contributed by atoms with Crippen LogP contribution in [0.5, 0.6) is 0 Å². The van der Waals surface area contributed by atoms with Crippen LogP contribution in [0.1, 0.15) is 41.1 Å². The number of carbonyl (C=O) groups is 1. The molecule has 37 heavy (non-hydrogen) atoms. The summed E-state index contributed by atoms with van der Waals surface area (Å²) in [6.45, 7) is 4.77. The molecular weight excluding hydrogens is 454 g/mol. The highest BCUT2D eigenvalue weighted by Crippen LogP contribution is 2.36. The first-order valence-corrected chi connectivity index (χ1v) is 13.1. The zero-order valence-corrected chi connectivity index (χ0v) is 21.4. The number of nitrogens with two attached hydrogens (primary N) is 1. The van der Waals surface area contributed by atoms with Crippen molar-refractivity contribution in [3.63, 3.8) is 0 Å². The van der Waals surface area contributed by atoms with E-state index in [1.165, 1.54) is 11.1 Å². The predicted molar refractivity (Wildman–Crippen MR) is 150 cm³/mol. The Kier molecular flexibility index (Phi) is 7.50. The second kappa shape index (κ2) is 11.1. The molecular formula is C33H35N3O. The molecule has 0 bridgehead atoms. The number of nitrogens with zero attached hydrogens (tertiary/aromatic N) is 2. The smallest absolute Gasteiger partial charge is 0.243 e. The summed E-state index contributed by atoms with van der Waals surface area (Å²) in [6.07, 6.45) is 0. The minimum absolute atomic E-state index is 0.000767. The third-order valence-corrected chi connectivity index (χ3v) is 7.52. The Labute approximate surface area is 220 Å². The van der Waals surface area contributed by atoms with Gasteiger partial charge in [-0.3, -0.25) is 9.69 Å². The van der Waals surface area contributed by atoms with E-state index in [0.717, 1.165) is 24.2 Å². The molecule has 5 rings (SSSR count). The van der Waals surface area contributed by atoms with Crippen LogP contribution in [-0.4, -0.2) is 47.4 Å². The monoisotopic (exact) mass is 489 g/mol. The van der Waals surface area contributed by atoms with Gasteiger partial charge in [0.25, 0.3) is 0 Å². The summed E-state index contributed by atoms with van der Waals surface area (Å²) in [5.41, 5.74) is 10.5. The molecule has 1 atom stereocenters. The number of carbonyl (C=O) groups excluding carboxylic acids is 1. The standard InChI is InChI=1S/C33H35N3O/c1-33(34,30(26-14-6-2-7-15-26)27-16-8-3-9-17-27)32(37)36-24-22-35(23-25-36)31(28-18-10-4-11-19-28)29-20-12-5-13-21-29/h2-21,30-31H,22-25,34H2,1H3. The van der Waals surface area contributed by atoms with Crippen LogP contribution < -0.4 is 5.73 Å². The number of hydrogen-bond donors (Lipinski definition) is 1. The van der Waals surface area contributed by atoms with Crippen molar-refractivity contribution in [2.45, 2.75) is 24.4 Å². The average Bonchev–Trinajstić information content (AvgIpc) is 2.95. The molecule has 4 heteroatoms. The second-order valence-electron chi connectivity index (χ2n) is 10.1. The molecule has 1 aliphatic heterocycles. The van der Waals surface area contributed by atoms with Gasteiger partial charge >= 0.3 is 0 Å². The lowest BCUT2D eigenvalue weighted by Crippen LogP contribution is -2.61. The van der Waals surface area contributed by atoms with Crippen molar-refractivity contribution in [1.29, 1.82) is 0 Å². The van der Waals surface area contributed by atoms with Gasteiger partial charge < -0.3 is 10.6 Å². The van der Waals surface area contributed by atoms with E-state index in [2.05, 4.69) is 89.8 Å². The van der Waals surface area contributed by atoms with Crippen LogP contribution in [0.25, 0.3) is 0 Å². The fraction of sp³-hybridized carbons (Fsp3) is 0.242. The Morgan fingerprint density at radius 1 is 0.622 bits per heavy atom. The summed E-state index contributed by atoms with van der Waals surface area (Å²) < 4.78 is 0. The summed E-state index contributed by atoms with van der Waals surface area (Å²) >= 11 is 0. The first kappa shape index (κ1) is 24.9. The van der Waals surface area contributed by atoms with Crippen LogP contribution in [0.4, 0.5) is 0 Å². The van der Waals surface area contributed by atoms with Crippen LogP contribution in [0, 0.1) is 0 Å². The Hall–Kier alpha value is -3.73. The average molecular weight is 490 g/mol. The lowest BCUT2D eigenvalue weighted by Gasteiger charge is -2.43. The molecule has 1 unspecified atom stereocenters. The molecule has 188 valence electrons. The fourth-order valence-corrected chi connectivity index (χ4v) is 5.71. The highest BCUT2D eigenvalue weighted by atomic mass is 16.2. The maximum absolute atomic E-state index is 14.0. The summed E-state index contributed by atoms with van der Waals surface area (Å²) in [6, 6.07) is 41.7. The zero-order chi connectivity index (χ0) is 25.7. The zero-order valence-electron chi connectivity index (χ0n) is 21.4. The summed E-state index contributed by atoms with van der Waals surface area (Å²) in [4.78, 5) is 18.4. The topological polar surface area (TPSA) is 49.6 Å². The summed E-state index contributed by atoms with van der Waals surface area (Å²) in [5.74, 6) is -0.234. The van der Waals surface area contributed by atoms with E-state index in [9.17, 15) is 4.79 Å². The van der Waals surface area contributed by atoms with E-state index in [1.807, 2.05) is 48.2 Å². The van der Waals surface area contributed by atoms with Crippen LogP contribution in [-0.2, 0) is 4.79 Å². The maximum Gasteiger partial charge on any atom is 0.243 e. The molecule has 0 aromatic heterocycles. The van der Waals surface area contributed by atoms with Crippen LogP contribution in [0.3, 0.4) is 0 Å². The molecule has 4 aromatic carbocycles. The lowest BCUT2D eigenvalue weighted by atomic mass is 9.75. The van der Waals surface area contributed by atoms with Crippen molar-refractivity contribution in [3.8, 4) is 0 Å². The van der Waals surface area contributed by atoms with Gasteiger partial charge in [0.1, 0.15) is 5.54 Å². The summed E-state index contributed by atoms with van der Waals surface area (Å²) in [7, 11) is 0. The Bertz CT molecular complexity index is 1190. The van der Waals surface area contributed by atoms with Gasteiger partial charge in [0.15, 0.2) is 0 Å². The normalized spacial score (nSPS) is 16.1. The van der Waals surface area contributed by atoms with Gasteiger partial charge in [-0.05, 0) is 29.2 Å². The van der Waals surface area contributed by atoms with Crippen molar-refractivity contribution in [2.24, 2.45) is 5.73 Å². The highest BCUT2D eigenvalue weighted by Gasteiger charge is 2.43. The molecule has 0 radical (unpaired) electrons. The highest BCUT2D eigenvalue weighted by molar-refractivity contribution is 5.88. The molecule has 1 aliphatic rings. The quantitative estimate of drug-likeness (QED) is 0.375. The first-order valence-electron chi connectivity index (χ1n) is 13.1. The SMILES string of the molecule is CC(N)(C(=O)N1CCN(C(c2ccccc2)c2ccccc2)CC1)C(c1ccccc1)c1ccccc1. The van der Waals surface area contributed by atoms with Crippen molar-refractivity contribution in [1.82, 2.24) is 9.80 Å². The molecule has 0 aliphatic carbocycles. The third kappa shape index (κ3) is 5.36. The minimum Gasteiger partial charge on any atom is -0.339 e. The van der Waals surface area contributed by atoms with Crippen molar-refractivity contribution in [2.75, 3.05) is 26.2 Å². The molecule has 0 saturated carbocycles. The Morgan fingerprint density at radius 3 is 1.35 bits per heavy atom. The third-order valence-electron chi connectivity index (χ3n) is 7.52. The van der Waals surface area contributed by atoms with Crippen LogP contribution >= 0.6 is 0 Å². The van der Waals surface area contributed by atoms with E-state index in [0.29, 0.717) is 13.1 Å². The maximum atomic E-state index is 14.0. The largest absolute Gasteiger partial charge is 0.339 e. The van der Waals surface area contributed by atoms with Crippen molar-refractivity contribution < 1.29 is 4.79 Å². The molecule has 1 heterocycles. The molecule has 4 aromatic rings. The number of benzene rings is 4. The molecule has 2 N–H and O–H groups in total. The number of hydrogen-bond acceptors (Lipinski definition) is 3. The van der Waals surface area contributed by atoms with Gasteiger partial charge in [0.2, 0.25) is 5.91 Å². The van der Waals surface area contributed by atoms with Crippen LogP contribution in [0.2, 0.25) is 0 Å². The van der Waals surface area contributed by atoms with Gasteiger partial charge in [-0.25, -0.2) is 0 Å². The van der Waals surface area contributed by atoms with E-state index in [4.69, 9.17) is 5.73 Å². The minimum atomic E-state index is -1.08. The summed E-state index contributed by atoms with van der Waals surface area (Å²) in [5, 5.41) is 0. The lowest BCUT2D eigenvalue weighted by molar-refractivity contribution is -0.139. The molecule has 4 nitrogen and oxygen atoms in total. The molecule has 1 amide bonds. The predicted octanol–water partition coefficient (Wildman–Crippen LogP) is 5.47. The van der Waals surface area contributed by atoms with Crippen molar-refractivity contribution >= 4 is 5.91 Å². The van der Waals surface area contributed by atoms with E-state index < -0.39 is 5.54 Å². The first-order chi connectivity index (χ1) is 18.1.